The second-order valence-electron chi connectivity index (χ2n) is 6.04. The Hall–Kier alpha value is -3.13. The van der Waals surface area contributed by atoms with Crippen LogP contribution in [0.3, 0.4) is 0 Å². The first-order chi connectivity index (χ1) is 12.6. The van der Waals surface area contributed by atoms with Gasteiger partial charge in [0.1, 0.15) is 6.04 Å². The Morgan fingerprint density at radius 3 is 2.81 bits per heavy atom. The lowest BCUT2D eigenvalue weighted by molar-refractivity contribution is -0.145. The lowest BCUT2D eigenvalue weighted by Gasteiger charge is -2.18. The minimum absolute atomic E-state index is 0.248. The maximum absolute atomic E-state index is 12.5. The van der Waals surface area contributed by atoms with Gasteiger partial charge in [-0.05, 0) is 18.1 Å². The molecule has 2 aromatic heterocycles. The van der Waals surface area contributed by atoms with E-state index in [0.29, 0.717) is 12.1 Å². The van der Waals surface area contributed by atoms with Crippen molar-refractivity contribution in [1.29, 1.82) is 0 Å². The molecule has 0 fully saturated rings. The highest BCUT2D eigenvalue weighted by atomic mass is 16.5. The van der Waals surface area contributed by atoms with Crippen LogP contribution in [-0.4, -0.2) is 46.0 Å². The second kappa shape index (κ2) is 7.83. The fraction of sp³-hybridized carbons (Fsp3) is 0.278. The number of para-hydroxylation sites is 1. The number of fused-ring (bicyclic) bond motifs is 1. The first-order valence-electron chi connectivity index (χ1n) is 8.24. The molecule has 0 aliphatic heterocycles. The first-order valence-corrected chi connectivity index (χ1v) is 8.24. The van der Waals surface area contributed by atoms with Gasteiger partial charge in [-0.2, -0.15) is 0 Å². The van der Waals surface area contributed by atoms with Crippen molar-refractivity contribution in [3.8, 4) is 0 Å². The molecular formula is C18H21N5O3. The summed E-state index contributed by atoms with van der Waals surface area (Å²) in [6, 6.07) is 6.18. The van der Waals surface area contributed by atoms with E-state index in [1.54, 1.807) is 6.20 Å². The van der Waals surface area contributed by atoms with Gasteiger partial charge in [0.05, 0.1) is 19.5 Å². The number of amides is 1. The molecule has 0 spiro atoms. The molecule has 2 atom stereocenters. The Morgan fingerprint density at radius 2 is 2.08 bits per heavy atom. The van der Waals surface area contributed by atoms with E-state index in [1.165, 1.54) is 13.4 Å². The average molecular weight is 355 g/mol. The third-order valence-electron chi connectivity index (χ3n) is 4.23. The van der Waals surface area contributed by atoms with E-state index in [2.05, 4.69) is 20.3 Å². The summed E-state index contributed by atoms with van der Waals surface area (Å²) in [7, 11) is 1.28. The van der Waals surface area contributed by atoms with Crippen LogP contribution in [0.1, 0.15) is 11.3 Å². The number of carbonyl (C=O) groups excluding carboxylic acids is 2. The fourth-order valence-corrected chi connectivity index (χ4v) is 2.86. The van der Waals surface area contributed by atoms with Crippen LogP contribution in [0.4, 0.5) is 0 Å². The minimum Gasteiger partial charge on any atom is -0.467 e. The van der Waals surface area contributed by atoms with Gasteiger partial charge in [0.25, 0.3) is 0 Å². The molecule has 3 aromatic rings. The van der Waals surface area contributed by atoms with Crippen LogP contribution in [-0.2, 0) is 27.2 Å². The highest BCUT2D eigenvalue weighted by molar-refractivity contribution is 5.89. The zero-order valence-corrected chi connectivity index (χ0v) is 14.4. The van der Waals surface area contributed by atoms with Gasteiger partial charge in [-0.25, -0.2) is 9.78 Å². The molecule has 136 valence electrons. The van der Waals surface area contributed by atoms with E-state index in [-0.39, 0.29) is 6.42 Å². The van der Waals surface area contributed by atoms with Gasteiger partial charge in [-0.1, -0.05) is 18.2 Å². The van der Waals surface area contributed by atoms with Crippen LogP contribution in [0, 0.1) is 0 Å². The van der Waals surface area contributed by atoms with Crippen LogP contribution in [0.5, 0.6) is 0 Å². The summed E-state index contributed by atoms with van der Waals surface area (Å²) in [6.07, 6.45) is 5.55. The highest BCUT2D eigenvalue weighted by Gasteiger charge is 2.25. The largest absolute Gasteiger partial charge is 0.467 e. The van der Waals surface area contributed by atoms with E-state index >= 15 is 0 Å². The van der Waals surface area contributed by atoms with Gasteiger partial charge in [-0.15, -0.1) is 0 Å². The third kappa shape index (κ3) is 3.92. The topological polar surface area (TPSA) is 126 Å². The number of aromatic amines is 2. The standard InChI is InChI=1S/C18H21N5O3/c1-26-18(25)16(7-12-9-20-10-22-12)23-17(24)14(19)6-11-8-21-15-5-3-2-4-13(11)15/h2-5,8-10,14,16,21H,6-7,19H2,1H3,(H,20,22)(H,23,24)/t14-,16+/m0/s1. The Kier molecular flexibility index (Phi) is 5.33. The molecule has 3 rings (SSSR count). The molecule has 0 saturated carbocycles. The van der Waals surface area contributed by atoms with E-state index in [0.717, 1.165) is 16.5 Å². The van der Waals surface area contributed by atoms with Crippen LogP contribution in [0.25, 0.3) is 10.9 Å². The maximum atomic E-state index is 12.5. The van der Waals surface area contributed by atoms with Crippen LogP contribution >= 0.6 is 0 Å². The zero-order chi connectivity index (χ0) is 18.5. The summed E-state index contributed by atoms with van der Waals surface area (Å²) in [5.74, 6) is -0.947. The minimum atomic E-state index is -0.832. The van der Waals surface area contributed by atoms with Crippen molar-refractivity contribution in [2.24, 2.45) is 5.73 Å². The summed E-state index contributed by atoms with van der Waals surface area (Å²) >= 11 is 0. The van der Waals surface area contributed by atoms with Crippen molar-refractivity contribution in [3.63, 3.8) is 0 Å². The van der Waals surface area contributed by atoms with Crippen molar-refractivity contribution >= 4 is 22.8 Å². The van der Waals surface area contributed by atoms with Crippen LogP contribution in [0.15, 0.2) is 43.0 Å². The van der Waals surface area contributed by atoms with Crippen molar-refractivity contribution in [2.45, 2.75) is 24.9 Å². The lowest BCUT2D eigenvalue weighted by Crippen LogP contribution is -2.50. The van der Waals surface area contributed by atoms with E-state index in [9.17, 15) is 9.59 Å². The molecule has 5 N–H and O–H groups in total. The number of nitrogens with zero attached hydrogens (tertiary/aromatic N) is 1. The molecule has 0 aliphatic rings. The number of hydrogen-bond donors (Lipinski definition) is 4. The van der Waals surface area contributed by atoms with Gasteiger partial charge in [0.15, 0.2) is 0 Å². The van der Waals surface area contributed by atoms with Crippen molar-refractivity contribution in [2.75, 3.05) is 7.11 Å². The Morgan fingerprint density at radius 1 is 1.27 bits per heavy atom. The number of benzene rings is 1. The van der Waals surface area contributed by atoms with Crippen molar-refractivity contribution in [1.82, 2.24) is 20.3 Å². The number of methoxy groups -OCH3 is 1. The Balaban J connectivity index is 1.67. The SMILES string of the molecule is COC(=O)[C@@H](Cc1cnc[nH]1)NC(=O)[C@@H](N)Cc1c[nH]c2ccccc12. The molecule has 0 aliphatic carbocycles. The van der Waals surface area contributed by atoms with Gasteiger partial charge in [-0.3, -0.25) is 4.79 Å². The third-order valence-corrected chi connectivity index (χ3v) is 4.23. The van der Waals surface area contributed by atoms with Gasteiger partial charge in [0.2, 0.25) is 5.91 Å². The van der Waals surface area contributed by atoms with Gasteiger partial charge in [0, 0.05) is 35.4 Å². The highest BCUT2D eigenvalue weighted by Crippen LogP contribution is 2.18. The molecule has 0 bridgehead atoms. The van der Waals surface area contributed by atoms with E-state index in [1.807, 2.05) is 30.5 Å². The Bertz CT molecular complexity index is 887. The molecule has 8 heteroatoms. The predicted molar refractivity (Wildman–Crippen MR) is 96.2 cm³/mol. The van der Waals surface area contributed by atoms with E-state index in [4.69, 9.17) is 10.5 Å². The predicted octanol–water partition coefficient (Wildman–Crippen LogP) is 0.661. The molecule has 1 amide bonds. The number of hydrogen-bond acceptors (Lipinski definition) is 5. The number of nitrogens with two attached hydrogens (primary N) is 1. The fourth-order valence-electron chi connectivity index (χ4n) is 2.86. The number of aromatic nitrogens is 3. The number of ether oxygens (including phenoxy) is 1. The summed E-state index contributed by atoms with van der Waals surface area (Å²) in [5, 5.41) is 3.70. The first kappa shape index (κ1) is 17.7. The van der Waals surface area contributed by atoms with Crippen molar-refractivity contribution < 1.29 is 14.3 Å². The number of imidazole rings is 1. The maximum Gasteiger partial charge on any atom is 0.328 e. The van der Waals surface area contributed by atoms with Crippen molar-refractivity contribution in [3.05, 3.63) is 54.2 Å². The molecular weight excluding hydrogens is 334 g/mol. The van der Waals surface area contributed by atoms with E-state index < -0.39 is 24.0 Å². The average Bonchev–Trinajstić information content (AvgIpc) is 3.30. The molecule has 0 saturated heterocycles. The molecule has 8 nitrogen and oxygen atoms in total. The summed E-state index contributed by atoms with van der Waals surface area (Å²) in [4.78, 5) is 34.4. The molecule has 26 heavy (non-hydrogen) atoms. The number of H-pyrrole nitrogens is 2. The molecule has 0 unspecified atom stereocenters. The summed E-state index contributed by atoms with van der Waals surface area (Å²) < 4.78 is 4.77. The summed E-state index contributed by atoms with van der Waals surface area (Å²) in [5.41, 5.74) is 8.72. The molecule has 1 aromatic carbocycles. The van der Waals surface area contributed by atoms with Gasteiger partial charge < -0.3 is 25.8 Å². The number of nitrogens with one attached hydrogen (secondary N) is 3. The van der Waals surface area contributed by atoms with Crippen LogP contribution in [0.2, 0.25) is 0 Å². The smallest absolute Gasteiger partial charge is 0.328 e. The normalized spacial score (nSPS) is 13.3. The quantitative estimate of drug-likeness (QED) is 0.463. The van der Waals surface area contributed by atoms with Gasteiger partial charge >= 0.3 is 5.97 Å². The van der Waals surface area contributed by atoms with Crippen LogP contribution < -0.4 is 11.1 Å². The Labute approximate surface area is 150 Å². The lowest BCUT2D eigenvalue weighted by atomic mass is 10.0. The number of carbonyl (C=O) groups is 2. The second-order valence-corrected chi connectivity index (χ2v) is 6.04. The summed E-state index contributed by atoms with van der Waals surface area (Å²) in [6.45, 7) is 0. The monoisotopic (exact) mass is 355 g/mol. The number of rotatable bonds is 7. The zero-order valence-electron chi connectivity index (χ0n) is 14.4. The molecule has 2 heterocycles. The number of esters is 1. The molecule has 0 radical (unpaired) electrons.